The molecule has 0 saturated carbocycles. The van der Waals surface area contributed by atoms with E-state index >= 15 is 0 Å². The zero-order chi connectivity index (χ0) is 13.9. The van der Waals surface area contributed by atoms with E-state index in [1.54, 1.807) is 11.3 Å². The maximum atomic E-state index is 5.77. The highest BCUT2D eigenvalue weighted by Crippen LogP contribution is 2.40. The van der Waals surface area contributed by atoms with Crippen molar-refractivity contribution in [2.24, 2.45) is 0 Å². The summed E-state index contributed by atoms with van der Waals surface area (Å²) < 4.78 is 11.5. The second-order valence-corrected chi connectivity index (χ2v) is 6.65. The van der Waals surface area contributed by atoms with Gasteiger partial charge in [0.1, 0.15) is 0 Å². The van der Waals surface area contributed by atoms with E-state index in [0.717, 1.165) is 37.6 Å². The van der Waals surface area contributed by atoms with Gasteiger partial charge in [0, 0.05) is 11.3 Å². The molecular weight excluding hydrogens is 336 g/mol. The maximum Gasteiger partial charge on any atom is 0.161 e. The number of alkyl halides is 1. The van der Waals surface area contributed by atoms with E-state index in [-0.39, 0.29) is 4.83 Å². The van der Waals surface area contributed by atoms with E-state index in [1.807, 2.05) is 6.07 Å². The van der Waals surface area contributed by atoms with Crippen LogP contribution in [0.4, 0.5) is 0 Å². The van der Waals surface area contributed by atoms with Crippen LogP contribution in [0.5, 0.6) is 11.5 Å². The molecule has 106 valence electrons. The van der Waals surface area contributed by atoms with Crippen LogP contribution in [0.15, 0.2) is 29.6 Å². The highest BCUT2D eigenvalue weighted by Gasteiger charge is 2.18. The highest BCUT2D eigenvalue weighted by atomic mass is 79.9. The van der Waals surface area contributed by atoms with Crippen molar-refractivity contribution in [2.45, 2.75) is 24.6 Å². The number of hydrogen-bond donors (Lipinski definition) is 0. The van der Waals surface area contributed by atoms with Gasteiger partial charge in [0.25, 0.3) is 0 Å². The Hall–Kier alpha value is -1.00. The minimum absolute atomic E-state index is 0.217. The van der Waals surface area contributed by atoms with Crippen LogP contribution in [0.3, 0.4) is 0 Å². The monoisotopic (exact) mass is 352 g/mol. The number of halogens is 1. The first kappa shape index (κ1) is 14.0. The summed E-state index contributed by atoms with van der Waals surface area (Å²) in [5.74, 6) is 1.71. The number of ether oxygens (including phenoxy) is 2. The fourth-order valence-electron chi connectivity index (χ4n) is 2.35. The van der Waals surface area contributed by atoms with E-state index in [4.69, 9.17) is 9.47 Å². The molecule has 2 heterocycles. The lowest BCUT2D eigenvalue weighted by atomic mass is 10.1. The molecule has 4 heteroatoms. The molecule has 0 spiro atoms. The second-order valence-electron chi connectivity index (χ2n) is 4.78. The van der Waals surface area contributed by atoms with Crippen molar-refractivity contribution in [1.29, 1.82) is 0 Å². The standard InChI is InChI=1S/C16H17BrO2S/c1-2-11-6-9-20-16(11)15(17)12-4-5-13-14(10-12)19-8-3-7-18-13/h4-6,9-10,15H,2-3,7-8H2,1H3. The van der Waals surface area contributed by atoms with E-state index < -0.39 is 0 Å². The third-order valence-corrected chi connectivity index (χ3v) is 5.77. The Morgan fingerprint density at radius 1 is 1.20 bits per heavy atom. The van der Waals surface area contributed by atoms with Crippen LogP contribution in [-0.2, 0) is 6.42 Å². The summed E-state index contributed by atoms with van der Waals surface area (Å²) in [6.07, 6.45) is 2.00. The molecule has 0 saturated heterocycles. The summed E-state index contributed by atoms with van der Waals surface area (Å²) >= 11 is 5.63. The molecule has 20 heavy (non-hydrogen) atoms. The van der Waals surface area contributed by atoms with Gasteiger partial charge in [-0.25, -0.2) is 0 Å². The fraction of sp³-hybridized carbons (Fsp3) is 0.375. The smallest absolute Gasteiger partial charge is 0.161 e. The third kappa shape index (κ3) is 2.72. The van der Waals surface area contributed by atoms with Gasteiger partial charge in [-0.15, -0.1) is 11.3 Å². The fourth-order valence-corrected chi connectivity index (χ4v) is 4.25. The SMILES string of the molecule is CCc1ccsc1C(Br)c1ccc2c(c1)OCCCO2. The summed E-state index contributed by atoms with van der Waals surface area (Å²) in [7, 11) is 0. The lowest BCUT2D eigenvalue weighted by molar-refractivity contribution is 0.297. The van der Waals surface area contributed by atoms with Gasteiger partial charge in [-0.05, 0) is 41.1 Å². The zero-order valence-electron chi connectivity index (χ0n) is 11.4. The number of fused-ring (bicyclic) bond motifs is 1. The first-order valence-electron chi connectivity index (χ1n) is 6.89. The molecule has 0 N–H and O–H groups in total. The van der Waals surface area contributed by atoms with Crippen LogP contribution in [-0.4, -0.2) is 13.2 Å². The largest absolute Gasteiger partial charge is 0.490 e. The maximum absolute atomic E-state index is 5.77. The number of rotatable bonds is 3. The molecule has 1 unspecified atom stereocenters. The highest BCUT2D eigenvalue weighted by molar-refractivity contribution is 9.09. The predicted molar refractivity (Wildman–Crippen MR) is 86.5 cm³/mol. The zero-order valence-corrected chi connectivity index (χ0v) is 13.8. The molecule has 0 radical (unpaired) electrons. The molecule has 0 amide bonds. The van der Waals surface area contributed by atoms with Crippen molar-refractivity contribution >= 4 is 27.3 Å². The van der Waals surface area contributed by atoms with Gasteiger partial charge in [-0.1, -0.05) is 28.9 Å². The summed E-state index contributed by atoms with van der Waals surface area (Å²) in [6, 6.07) is 8.44. The minimum Gasteiger partial charge on any atom is -0.490 e. The molecule has 0 aliphatic carbocycles. The van der Waals surface area contributed by atoms with Crippen molar-refractivity contribution < 1.29 is 9.47 Å². The molecule has 1 aliphatic heterocycles. The van der Waals surface area contributed by atoms with Crippen molar-refractivity contribution in [3.05, 3.63) is 45.6 Å². The van der Waals surface area contributed by atoms with Gasteiger partial charge in [0.05, 0.1) is 18.0 Å². The first-order chi connectivity index (χ1) is 9.79. The number of benzene rings is 1. The van der Waals surface area contributed by atoms with E-state index in [9.17, 15) is 0 Å². The van der Waals surface area contributed by atoms with Gasteiger partial charge < -0.3 is 9.47 Å². The molecule has 1 atom stereocenters. The summed E-state index contributed by atoms with van der Waals surface area (Å²) in [5, 5.41) is 2.16. The van der Waals surface area contributed by atoms with Crippen LogP contribution in [0.25, 0.3) is 0 Å². The topological polar surface area (TPSA) is 18.5 Å². The Morgan fingerprint density at radius 2 is 2.00 bits per heavy atom. The van der Waals surface area contributed by atoms with Crippen molar-refractivity contribution in [2.75, 3.05) is 13.2 Å². The lowest BCUT2D eigenvalue weighted by Crippen LogP contribution is -1.97. The van der Waals surface area contributed by atoms with Crippen LogP contribution < -0.4 is 9.47 Å². The summed E-state index contributed by atoms with van der Waals surface area (Å²) in [6.45, 7) is 3.65. The van der Waals surface area contributed by atoms with Gasteiger partial charge in [0.2, 0.25) is 0 Å². The van der Waals surface area contributed by atoms with Gasteiger partial charge >= 0.3 is 0 Å². The van der Waals surface area contributed by atoms with Gasteiger partial charge in [0.15, 0.2) is 11.5 Å². The number of aryl methyl sites for hydroxylation is 1. The Bertz CT molecular complexity index is 594. The number of thiophene rings is 1. The van der Waals surface area contributed by atoms with Crippen molar-refractivity contribution in [1.82, 2.24) is 0 Å². The Morgan fingerprint density at radius 3 is 2.80 bits per heavy atom. The first-order valence-corrected chi connectivity index (χ1v) is 8.69. The van der Waals surface area contributed by atoms with Gasteiger partial charge in [-0.3, -0.25) is 0 Å². The molecule has 2 aromatic rings. The molecule has 1 aliphatic rings. The van der Waals surface area contributed by atoms with Crippen LogP contribution in [0, 0.1) is 0 Å². The lowest BCUT2D eigenvalue weighted by Gasteiger charge is -2.14. The molecule has 2 nitrogen and oxygen atoms in total. The molecule has 0 bridgehead atoms. The van der Waals surface area contributed by atoms with Gasteiger partial charge in [-0.2, -0.15) is 0 Å². The molecule has 1 aromatic heterocycles. The molecule has 3 rings (SSSR count). The van der Waals surface area contributed by atoms with Crippen LogP contribution >= 0.6 is 27.3 Å². The summed E-state index contributed by atoms with van der Waals surface area (Å²) in [5.41, 5.74) is 2.62. The van der Waals surface area contributed by atoms with Crippen LogP contribution in [0.2, 0.25) is 0 Å². The average molecular weight is 353 g/mol. The van der Waals surface area contributed by atoms with Crippen molar-refractivity contribution in [3.63, 3.8) is 0 Å². The van der Waals surface area contributed by atoms with Crippen molar-refractivity contribution in [3.8, 4) is 11.5 Å². The second kappa shape index (κ2) is 6.19. The van der Waals surface area contributed by atoms with E-state index in [1.165, 1.54) is 16.0 Å². The molecule has 1 aromatic carbocycles. The average Bonchev–Trinajstić information content (AvgIpc) is 2.83. The Kier molecular flexibility index (Phi) is 4.32. The van der Waals surface area contributed by atoms with E-state index in [0.29, 0.717) is 0 Å². The van der Waals surface area contributed by atoms with Crippen LogP contribution in [0.1, 0.15) is 34.2 Å². The summed E-state index contributed by atoms with van der Waals surface area (Å²) in [4.78, 5) is 1.59. The molecule has 0 fully saturated rings. The van der Waals surface area contributed by atoms with E-state index in [2.05, 4.69) is 46.4 Å². The minimum atomic E-state index is 0.217. The molecular formula is C16H17BrO2S. The Balaban J connectivity index is 1.92. The third-order valence-electron chi connectivity index (χ3n) is 3.46. The number of hydrogen-bond acceptors (Lipinski definition) is 3. The predicted octanol–water partition coefficient (Wildman–Crippen LogP) is 4.96. The normalized spacial score (nSPS) is 15.7. The Labute approximate surface area is 131 Å². The quantitative estimate of drug-likeness (QED) is 0.727.